The normalized spacial score (nSPS) is 11.6. The smallest absolute Gasteiger partial charge is 0.294 e. The van der Waals surface area contributed by atoms with Crippen LogP contribution in [0.15, 0.2) is 23.1 Å². The third-order valence-electron chi connectivity index (χ3n) is 1.92. The molecule has 5 heteroatoms. The Morgan fingerprint density at radius 1 is 1.43 bits per heavy atom. The first-order valence-electron chi connectivity index (χ1n) is 4.01. The Morgan fingerprint density at radius 2 is 2.07 bits per heavy atom. The molecule has 0 spiro atoms. The Morgan fingerprint density at radius 3 is 2.57 bits per heavy atom. The van der Waals surface area contributed by atoms with Crippen LogP contribution in [-0.4, -0.2) is 20.1 Å². The first-order valence-corrected chi connectivity index (χ1v) is 5.45. The van der Waals surface area contributed by atoms with E-state index < -0.39 is 10.1 Å². The summed E-state index contributed by atoms with van der Waals surface area (Å²) in [6.07, 6.45) is 0. The summed E-state index contributed by atoms with van der Waals surface area (Å²) in [7, 11) is -2.59. The second-order valence-corrected chi connectivity index (χ2v) is 4.42. The van der Waals surface area contributed by atoms with Crippen molar-refractivity contribution in [2.45, 2.75) is 18.4 Å². The third-order valence-corrected chi connectivity index (χ3v) is 2.77. The Balaban J connectivity index is 3.20. The van der Waals surface area contributed by atoms with Gasteiger partial charge in [-0.3, -0.25) is 4.55 Å². The monoisotopic (exact) mass is 216 g/mol. The van der Waals surface area contributed by atoms with Crippen molar-refractivity contribution in [3.8, 4) is 0 Å². The largest absolute Gasteiger partial charge is 0.380 e. The lowest BCUT2D eigenvalue weighted by Gasteiger charge is -2.05. The molecule has 0 saturated heterocycles. The van der Waals surface area contributed by atoms with E-state index in [0.29, 0.717) is 6.61 Å². The van der Waals surface area contributed by atoms with E-state index in [-0.39, 0.29) is 4.90 Å². The van der Waals surface area contributed by atoms with Crippen LogP contribution >= 0.6 is 0 Å². The summed E-state index contributed by atoms with van der Waals surface area (Å²) >= 11 is 0. The average molecular weight is 216 g/mol. The van der Waals surface area contributed by atoms with Crippen molar-refractivity contribution in [1.29, 1.82) is 0 Å². The average Bonchev–Trinajstić information content (AvgIpc) is 2.07. The van der Waals surface area contributed by atoms with Gasteiger partial charge in [0.25, 0.3) is 10.1 Å². The Kier molecular flexibility index (Phi) is 3.25. The summed E-state index contributed by atoms with van der Waals surface area (Å²) in [5, 5.41) is 0. The van der Waals surface area contributed by atoms with E-state index in [2.05, 4.69) is 0 Å². The van der Waals surface area contributed by atoms with E-state index in [4.69, 9.17) is 9.29 Å². The molecule has 0 aliphatic carbocycles. The predicted molar refractivity (Wildman–Crippen MR) is 51.7 cm³/mol. The molecule has 0 fully saturated rings. The second kappa shape index (κ2) is 4.08. The number of hydrogen-bond donors (Lipinski definition) is 1. The minimum Gasteiger partial charge on any atom is -0.380 e. The van der Waals surface area contributed by atoms with Crippen molar-refractivity contribution >= 4 is 10.1 Å². The maximum Gasteiger partial charge on any atom is 0.294 e. The van der Waals surface area contributed by atoms with Crippen molar-refractivity contribution in [1.82, 2.24) is 0 Å². The van der Waals surface area contributed by atoms with Gasteiger partial charge in [0.2, 0.25) is 0 Å². The van der Waals surface area contributed by atoms with Crippen LogP contribution in [0.1, 0.15) is 11.1 Å². The first kappa shape index (κ1) is 11.2. The van der Waals surface area contributed by atoms with Crippen LogP contribution in [0.4, 0.5) is 0 Å². The molecule has 0 aromatic heterocycles. The molecular formula is C9H12O4S. The Labute approximate surface area is 83.3 Å². The molecule has 1 aromatic rings. The lowest BCUT2D eigenvalue weighted by atomic mass is 10.1. The highest BCUT2D eigenvalue weighted by molar-refractivity contribution is 7.85. The number of hydrogen-bond acceptors (Lipinski definition) is 3. The van der Waals surface area contributed by atoms with Crippen LogP contribution in [-0.2, 0) is 21.5 Å². The molecule has 0 radical (unpaired) electrons. The van der Waals surface area contributed by atoms with Crippen molar-refractivity contribution in [2.24, 2.45) is 0 Å². The molecule has 0 bridgehead atoms. The highest BCUT2D eigenvalue weighted by atomic mass is 32.2. The Hall–Kier alpha value is -0.910. The van der Waals surface area contributed by atoms with Gasteiger partial charge in [-0.2, -0.15) is 8.42 Å². The van der Waals surface area contributed by atoms with Gasteiger partial charge >= 0.3 is 0 Å². The van der Waals surface area contributed by atoms with Crippen LogP contribution < -0.4 is 0 Å². The summed E-state index contributed by atoms with van der Waals surface area (Å²) in [5.41, 5.74) is 1.68. The zero-order chi connectivity index (χ0) is 10.8. The van der Waals surface area contributed by atoms with Crippen molar-refractivity contribution in [3.05, 3.63) is 29.3 Å². The fourth-order valence-electron chi connectivity index (χ4n) is 1.12. The standard InChI is InChI=1S/C9H12O4S/c1-7-3-4-9(14(10,11)12)5-8(7)6-13-2/h3-5H,6H2,1-2H3,(H,10,11,12). The summed E-state index contributed by atoms with van der Waals surface area (Å²) in [6.45, 7) is 2.18. The second-order valence-electron chi connectivity index (χ2n) is 3.00. The summed E-state index contributed by atoms with van der Waals surface area (Å²) < 4.78 is 35.3. The van der Waals surface area contributed by atoms with Crippen LogP contribution in [0.5, 0.6) is 0 Å². The number of benzene rings is 1. The van der Waals surface area contributed by atoms with Gasteiger partial charge in [-0.05, 0) is 30.2 Å². The first-order chi connectivity index (χ1) is 6.45. The van der Waals surface area contributed by atoms with Crippen LogP contribution in [0.3, 0.4) is 0 Å². The van der Waals surface area contributed by atoms with E-state index in [1.807, 2.05) is 6.92 Å². The highest BCUT2D eigenvalue weighted by Gasteiger charge is 2.10. The van der Waals surface area contributed by atoms with Crippen LogP contribution in [0.25, 0.3) is 0 Å². The molecule has 0 atom stereocenters. The SMILES string of the molecule is COCc1cc(S(=O)(=O)O)ccc1C. The molecule has 4 nitrogen and oxygen atoms in total. The molecule has 14 heavy (non-hydrogen) atoms. The van der Waals surface area contributed by atoms with Crippen molar-refractivity contribution < 1.29 is 17.7 Å². The molecule has 1 rings (SSSR count). The molecule has 0 aliphatic heterocycles. The lowest BCUT2D eigenvalue weighted by molar-refractivity contribution is 0.184. The minimum absolute atomic E-state index is 0.102. The maximum absolute atomic E-state index is 10.8. The topological polar surface area (TPSA) is 63.6 Å². The maximum atomic E-state index is 10.8. The van der Waals surface area contributed by atoms with Crippen molar-refractivity contribution in [3.63, 3.8) is 0 Å². The zero-order valence-corrected chi connectivity index (χ0v) is 8.84. The van der Waals surface area contributed by atoms with Gasteiger partial charge in [-0.1, -0.05) is 6.07 Å². The molecule has 0 heterocycles. The number of methoxy groups -OCH3 is 1. The Bertz CT molecular complexity index is 422. The van der Waals surface area contributed by atoms with Gasteiger partial charge in [0.1, 0.15) is 0 Å². The van der Waals surface area contributed by atoms with Gasteiger partial charge in [-0.15, -0.1) is 0 Å². The van der Waals surface area contributed by atoms with E-state index in [1.54, 1.807) is 6.07 Å². The van der Waals surface area contributed by atoms with Crippen molar-refractivity contribution in [2.75, 3.05) is 7.11 Å². The summed E-state index contributed by atoms with van der Waals surface area (Å²) in [4.78, 5) is -0.102. The van der Waals surface area contributed by atoms with Crippen LogP contribution in [0, 0.1) is 6.92 Å². The minimum atomic E-state index is -4.12. The molecule has 78 valence electrons. The van der Waals surface area contributed by atoms with E-state index >= 15 is 0 Å². The lowest BCUT2D eigenvalue weighted by Crippen LogP contribution is -2.01. The summed E-state index contributed by atoms with van der Waals surface area (Å²) in [6, 6.07) is 4.41. The van der Waals surface area contributed by atoms with E-state index in [9.17, 15) is 8.42 Å². The van der Waals surface area contributed by atoms with E-state index in [1.165, 1.54) is 19.2 Å². The van der Waals surface area contributed by atoms with Crippen LogP contribution in [0.2, 0.25) is 0 Å². The molecule has 1 N–H and O–H groups in total. The quantitative estimate of drug-likeness (QED) is 0.775. The third kappa shape index (κ3) is 2.54. The van der Waals surface area contributed by atoms with Gasteiger partial charge in [0.15, 0.2) is 0 Å². The fraction of sp³-hybridized carbons (Fsp3) is 0.333. The molecule has 0 saturated carbocycles. The predicted octanol–water partition coefficient (Wildman–Crippen LogP) is 1.39. The van der Waals surface area contributed by atoms with Gasteiger partial charge in [-0.25, -0.2) is 0 Å². The molecular weight excluding hydrogens is 204 g/mol. The zero-order valence-electron chi connectivity index (χ0n) is 8.02. The molecule has 1 aromatic carbocycles. The molecule has 0 unspecified atom stereocenters. The van der Waals surface area contributed by atoms with Gasteiger partial charge in [0.05, 0.1) is 11.5 Å². The summed E-state index contributed by atoms with van der Waals surface area (Å²) in [5.74, 6) is 0. The number of rotatable bonds is 3. The van der Waals surface area contributed by atoms with Gasteiger partial charge < -0.3 is 4.74 Å². The molecule has 0 amide bonds. The highest BCUT2D eigenvalue weighted by Crippen LogP contribution is 2.15. The molecule has 0 aliphatic rings. The van der Waals surface area contributed by atoms with Gasteiger partial charge in [0, 0.05) is 7.11 Å². The van der Waals surface area contributed by atoms with E-state index in [0.717, 1.165) is 11.1 Å². The fourth-order valence-corrected chi connectivity index (χ4v) is 1.65. The number of ether oxygens (including phenoxy) is 1. The number of aryl methyl sites for hydroxylation is 1.